The predicted octanol–water partition coefficient (Wildman–Crippen LogP) is 1.80. The van der Waals surface area contributed by atoms with Gasteiger partial charge >= 0.3 is 0 Å². The molecule has 7 heteroatoms. The van der Waals surface area contributed by atoms with Crippen molar-refractivity contribution < 1.29 is 9.53 Å². The number of nitrogens with one attached hydrogen (secondary N) is 2. The Morgan fingerprint density at radius 2 is 2.04 bits per heavy atom. The molecule has 27 heavy (non-hydrogen) atoms. The summed E-state index contributed by atoms with van der Waals surface area (Å²) in [7, 11) is 3.41. The van der Waals surface area contributed by atoms with Gasteiger partial charge in [0.05, 0.1) is 18.8 Å². The molecule has 0 bridgehead atoms. The SMILES string of the molecule is CCNC(=NCc1cccc(OCC(=O)N(C)C)c1)NCc1ccccn1. The van der Waals surface area contributed by atoms with Gasteiger partial charge in [0.25, 0.3) is 5.91 Å². The van der Waals surface area contributed by atoms with Crippen LogP contribution in [0.25, 0.3) is 0 Å². The summed E-state index contributed by atoms with van der Waals surface area (Å²) in [6.45, 7) is 3.91. The van der Waals surface area contributed by atoms with Gasteiger partial charge in [-0.3, -0.25) is 9.78 Å². The lowest BCUT2D eigenvalue weighted by Crippen LogP contribution is -2.37. The predicted molar refractivity (Wildman–Crippen MR) is 107 cm³/mol. The Labute approximate surface area is 160 Å². The average molecular weight is 369 g/mol. The first kappa shape index (κ1) is 20.2. The molecule has 1 heterocycles. The fourth-order valence-electron chi connectivity index (χ4n) is 2.20. The normalized spacial score (nSPS) is 11.0. The van der Waals surface area contributed by atoms with E-state index in [1.807, 2.05) is 49.4 Å². The zero-order valence-corrected chi connectivity index (χ0v) is 16.1. The Morgan fingerprint density at radius 3 is 2.74 bits per heavy atom. The molecule has 0 saturated carbocycles. The molecule has 2 aromatic rings. The maximum absolute atomic E-state index is 11.6. The molecule has 0 saturated heterocycles. The summed E-state index contributed by atoms with van der Waals surface area (Å²) < 4.78 is 5.55. The van der Waals surface area contributed by atoms with Crippen LogP contribution < -0.4 is 15.4 Å². The fraction of sp³-hybridized carbons (Fsp3) is 0.350. The number of nitrogens with zero attached hydrogens (tertiary/aromatic N) is 3. The minimum Gasteiger partial charge on any atom is -0.484 e. The second kappa shape index (κ2) is 10.8. The van der Waals surface area contributed by atoms with Gasteiger partial charge in [0.1, 0.15) is 5.75 Å². The highest BCUT2D eigenvalue weighted by Gasteiger charge is 2.05. The standard InChI is InChI=1S/C20H27N5O2/c1-4-21-20(24-14-17-9-5-6-11-22-17)23-13-16-8-7-10-18(12-16)27-15-19(26)25(2)3/h5-12H,4,13-15H2,1-3H3,(H2,21,23,24). The number of guanidine groups is 1. The van der Waals surface area contributed by atoms with Gasteiger partial charge in [0.15, 0.2) is 12.6 Å². The van der Waals surface area contributed by atoms with E-state index in [0.29, 0.717) is 18.8 Å². The molecular weight excluding hydrogens is 342 g/mol. The molecule has 0 atom stereocenters. The van der Waals surface area contributed by atoms with Crippen LogP contribution in [0.5, 0.6) is 5.75 Å². The topological polar surface area (TPSA) is 78.9 Å². The van der Waals surface area contributed by atoms with E-state index in [4.69, 9.17) is 4.74 Å². The first-order valence-electron chi connectivity index (χ1n) is 8.92. The first-order chi connectivity index (χ1) is 13.1. The number of amides is 1. The molecule has 1 amide bonds. The minimum atomic E-state index is -0.0772. The third-order valence-electron chi connectivity index (χ3n) is 3.69. The highest BCUT2D eigenvalue weighted by Crippen LogP contribution is 2.14. The van der Waals surface area contributed by atoms with Crippen molar-refractivity contribution in [2.75, 3.05) is 27.2 Å². The van der Waals surface area contributed by atoms with Crippen LogP contribution >= 0.6 is 0 Å². The van der Waals surface area contributed by atoms with Gasteiger partial charge in [0, 0.05) is 26.8 Å². The number of hydrogen-bond acceptors (Lipinski definition) is 4. The van der Waals surface area contributed by atoms with Crippen LogP contribution in [0.4, 0.5) is 0 Å². The largest absolute Gasteiger partial charge is 0.484 e. The molecule has 0 fully saturated rings. The Hall–Kier alpha value is -3.09. The van der Waals surface area contributed by atoms with Crippen molar-refractivity contribution in [1.82, 2.24) is 20.5 Å². The maximum atomic E-state index is 11.6. The molecule has 2 rings (SSSR count). The summed E-state index contributed by atoms with van der Waals surface area (Å²) in [5.74, 6) is 1.30. The van der Waals surface area contributed by atoms with Gasteiger partial charge in [-0.25, -0.2) is 4.99 Å². The number of rotatable bonds is 8. The van der Waals surface area contributed by atoms with Crippen LogP contribution in [0.2, 0.25) is 0 Å². The van der Waals surface area contributed by atoms with E-state index in [0.717, 1.165) is 23.8 Å². The molecule has 2 N–H and O–H groups in total. The van der Waals surface area contributed by atoms with E-state index in [2.05, 4.69) is 20.6 Å². The summed E-state index contributed by atoms with van der Waals surface area (Å²) >= 11 is 0. The molecular formula is C20H27N5O2. The summed E-state index contributed by atoms with van der Waals surface area (Å²) in [6, 6.07) is 13.4. The number of carbonyl (C=O) groups is 1. The van der Waals surface area contributed by atoms with E-state index in [1.165, 1.54) is 4.90 Å². The van der Waals surface area contributed by atoms with E-state index >= 15 is 0 Å². The Kier molecular flexibility index (Phi) is 8.09. The molecule has 0 unspecified atom stereocenters. The molecule has 0 aliphatic carbocycles. The van der Waals surface area contributed by atoms with Crippen molar-refractivity contribution in [3.05, 3.63) is 59.9 Å². The first-order valence-corrected chi connectivity index (χ1v) is 8.92. The highest BCUT2D eigenvalue weighted by atomic mass is 16.5. The van der Waals surface area contributed by atoms with Crippen molar-refractivity contribution in [2.45, 2.75) is 20.0 Å². The van der Waals surface area contributed by atoms with E-state index in [1.54, 1.807) is 20.3 Å². The number of benzene rings is 1. The smallest absolute Gasteiger partial charge is 0.259 e. The lowest BCUT2D eigenvalue weighted by atomic mass is 10.2. The fourth-order valence-corrected chi connectivity index (χ4v) is 2.20. The number of pyridine rings is 1. The minimum absolute atomic E-state index is 0.0218. The van der Waals surface area contributed by atoms with Crippen LogP contribution in [0.15, 0.2) is 53.7 Å². The van der Waals surface area contributed by atoms with Crippen molar-refractivity contribution in [1.29, 1.82) is 0 Å². The molecule has 0 radical (unpaired) electrons. The summed E-state index contributed by atoms with van der Waals surface area (Å²) in [5, 5.41) is 6.49. The van der Waals surface area contributed by atoms with E-state index in [9.17, 15) is 4.79 Å². The van der Waals surface area contributed by atoms with Gasteiger partial charge in [-0.2, -0.15) is 0 Å². The molecule has 1 aromatic carbocycles. The van der Waals surface area contributed by atoms with Crippen molar-refractivity contribution in [3.63, 3.8) is 0 Å². The summed E-state index contributed by atoms with van der Waals surface area (Å²) in [5.41, 5.74) is 1.95. The van der Waals surface area contributed by atoms with Gasteiger partial charge in [0.2, 0.25) is 0 Å². The Morgan fingerprint density at radius 1 is 1.19 bits per heavy atom. The Bertz CT molecular complexity index is 747. The Balaban J connectivity index is 1.94. The molecule has 144 valence electrons. The van der Waals surface area contributed by atoms with Crippen molar-refractivity contribution in [2.24, 2.45) is 4.99 Å². The number of carbonyl (C=O) groups excluding carboxylic acids is 1. The van der Waals surface area contributed by atoms with Gasteiger partial charge in [-0.15, -0.1) is 0 Å². The van der Waals surface area contributed by atoms with Crippen LogP contribution in [0, 0.1) is 0 Å². The van der Waals surface area contributed by atoms with Crippen molar-refractivity contribution in [3.8, 4) is 5.75 Å². The van der Waals surface area contributed by atoms with Crippen molar-refractivity contribution >= 4 is 11.9 Å². The molecule has 0 aliphatic heterocycles. The second-order valence-electron chi connectivity index (χ2n) is 6.09. The summed E-state index contributed by atoms with van der Waals surface area (Å²) in [6.07, 6.45) is 1.77. The number of hydrogen-bond donors (Lipinski definition) is 2. The van der Waals surface area contributed by atoms with Gasteiger partial charge in [-0.05, 0) is 36.8 Å². The third-order valence-corrected chi connectivity index (χ3v) is 3.69. The number of aromatic nitrogens is 1. The quantitative estimate of drug-likeness (QED) is 0.548. The van der Waals surface area contributed by atoms with Crippen LogP contribution in [0.3, 0.4) is 0 Å². The monoisotopic (exact) mass is 369 g/mol. The number of aliphatic imine (C=N–C) groups is 1. The molecule has 7 nitrogen and oxygen atoms in total. The van der Waals surface area contributed by atoms with Crippen LogP contribution in [-0.4, -0.2) is 49.0 Å². The highest BCUT2D eigenvalue weighted by molar-refractivity contribution is 5.79. The second-order valence-corrected chi connectivity index (χ2v) is 6.09. The average Bonchev–Trinajstić information content (AvgIpc) is 2.69. The lowest BCUT2D eigenvalue weighted by Gasteiger charge is -2.12. The molecule has 0 aliphatic rings. The zero-order valence-electron chi connectivity index (χ0n) is 16.1. The number of ether oxygens (including phenoxy) is 1. The van der Waals surface area contributed by atoms with Crippen LogP contribution in [0.1, 0.15) is 18.2 Å². The third kappa shape index (κ3) is 7.35. The van der Waals surface area contributed by atoms with Gasteiger partial charge < -0.3 is 20.3 Å². The number of likely N-dealkylation sites (N-methyl/N-ethyl adjacent to an activating group) is 1. The van der Waals surface area contributed by atoms with E-state index in [-0.39, 0.29) is 12.5 Å². The lowest BCUT2D eigenvalue weighted by molar-refractivity contribution is -0.130. The van der Waals surface area contributed by atoms with Gasteiger partial charge in [-0.1, -0.05) is 18.2 Å². The maximum Gasteiger partial charge on any atom is 0.259 e. The van der Waals surface area contributed by atoms with Crippen LogP contribution in [-0.2, 0) is 17.9 Å². The summed E-state index contributed by atoms with van der Waals surface area (Å²) in [4.78, 5) is 22.0. The zero-order chi connectivity index (χ0) is 19.5. The molecule has 0 spiro atoms. The molecule has 1 aromatic heterocycles. The van der Waals surface area contributed by atoms with E-state index < -0.39 is 0 Å².